The Bertz CT molecular complexity index is 1520. The molecule has 37 heavy (non-hydrogen) atoms. The number of benzene rings is 2. The van der Waals surface area contributed by atoms with Gasteiger partial charge in [0.15, 0.2) is 11.5 Å². The topological polar surface area (TPSA) is 109 Å². The van der Waals surface area contributed by atoms with Gasteiger partial charge in [-0.15, -0.1) is 0 Å². The van der Waals surface area contributed by atoms with Gasteiger partial charge in [-0.1, -0.05) is 12.1 Å². The van der Waals surface area contributed by atoms with Gasteiger partial charge < -0.3 is 19.7 Å². The molecule has 0 spiro atoms. The number of methoxy groups -OCH3 is 2. The second kappa shape index (κ2) is 10.0. The van der Waals surface area contributed by atoms with Crippen LogP contribution >= 0.6 is 0 Å². The van der Waals surface area contributed by atoms with Crippen LogP contribution in [-0.4, -0.2) is 88.2 Å². The molecule has 6 rings (SSSR count). The van der Waals surface area contributed by atoms with Crippen LogP contribution < -0.4 is 15.0 Å². The molecule has 1 saturated heterocycles. The predicted molar refractivity (Wildman–Crippen MR) is 143 cm³/mol. The molecule has 1 fully saturated rings. The van der Waals surface area contributed by atoms with Crippen LogP contribution in [0.2, 0.25) is 0 Å². The Morgan fingerprint density at radius 3 is 2.78 bits per heavy atom. The van der Waals surface area contributed by atoms with Gasteiger partial charge in [-0.2, -0.15) is 10.2 Å². The molecule has 2 N–H and O–H groups in total. The Kier molecular flexibility index (Phi) is 6.29. The summed E-state index contributed by atoms with van der Waals surface area (Å²) in [5.74, 6) is 1.43. The molecule has 0 radical (unpaired) electrons. The zero-order chi connectivity index (χ0) is 25.2. The first-order valence-electron chi connectivity index (χ1n) is 12.3. The number of hydrogen-bond acceptors (Lipinski definition) is 9. The highest BCUT2D eigenvalue weighted by Gasteiger charge is 2.20. The Morgan fingerprint density at radius 2 is 1.95 bits per heavy atom. The number of piperazine rings is 1. The molecule has 3 aromatic heterocycles. The average Bonchev–Trinajstić information content (AvgIpc) is 3.61. The number of rotatable bonds is 8. The van der Waals surface area contributed by atoms with Crippen molar-refractivity contribution in [2.24, 2.45) is 0 Å². The van der Waals surface area contributed by atoms with Crippen molar-refractivity contribution in [2.45, 2.75) is 0 Å². The largest absolute Gasteiger partial charge is 0.495 e. The van der Waals surface area contributed by atoms with Crippen LogP contribution in [0.5, 0.6) is 5.75 Å². The first kappa shape index (κ1) is 23.2. The summed E-state index contributed by atoms with van der Waals surface area (Å²) in [4.78, 5) is 14.1. The first-order chi connectivity index (χ1) is 18.2. The van der Waals surface area contributed by atoms with Crippen molar-refractivity contribution < 1.29 is 9.47 Å². The van der Waals surface area contributed by atoms with Gasteiger partial charge in [0, 0.05) is 62.5 Å². The maximum Gasteiger partial charge on any atom is 0.198 e. The molecular formula is C26H29N9O2. The number of hydrogen-bond donors (Lipinski definition) is 2. The van der Waals surface area contributed by atoms with E-state index in [0.717, 1.165) is 78.6 Å². The average molecular weight is 500 g/mol. The summed E-state index contributed by atoms with van der Waals surface area (Å²) >= 11 is 0. The van der Waals surface area contributed by atoms with Crippen LogP contribution in [0.25, 0.3) is 27.8 Å². The van der Waals surface area contributed by atoms with Gasteiger partial charge in [0.25, 0.3) is 0 Å². The molecule has 5 aromatic rings. The SMILES string of the molecule is COCCN1CCN(c2ccc(Nc3nc(-c4ccc5cn[nH]c5c4)cn4ncnc34)cc2OC)CC1. The van der Waals surface area contributed by atoms with Crippen molar-refractivity contribution in [2.75, 3.05) is 63.8 Å². The van der Waals surface area contributed by atoms with E-state index in [1.54, 1.807) is 24.9 Å². The van der Waals surface area contributed by atoms with E-state index in [0.29, 0.717) is 11.5 Å². The van der Waals surface area contributed by atoms with Gasteiger partial charge in [0.2, 0.25) is 0 Å². The van der Waals surface area contributed by atoms with E-state index >= 15 is 0 Å². The van der Waals surface area contributed by atoms with Gasteiger partial charge in [0.1, 0.15) is 12.1 Å². The second-order valence-corrected chi connectivity index (χ2v) is 9.01. The Hall–Kier alpha value is -4.22. The molecule has 190 valence electrons. The number of ether oxygens (including phenoxy) is 2. The molecular weight excluding hydrogens is 470 g/mol. The molecule has 0 aliphatic carbocycles. The van der Waals surface area contributed by atoms with E-state index in [9.17, 15) is 0 Å². The van der Waals surface area contributed by atoms with Crippen LogP contribution in [0.15, 0.2) is 55.1 Å². The zero-order valence-corrected chi connectivity index (χ0v) is 20.9. The Labute approximate surface area is 214 Å². The van der Waals surface area contributed by atoms with Crippen LogP contribution in [-0.2, 0) is 4.74 Å². The minimum atomic E-state index is 0.612. The maximum absolute atomic E-state index is 5.79. The molecule has 2 aromatic carbocycles. The van der Waals surface area contributed by atoms with Crippen molar-refractivity contribution >= 4 is 33.7 Å². The van der Waals surface area contributed by atoms with Crippen molar-refractivity contribution in [3.63, 3.8) is 0 Å². The maximum atomic E-state index is 5.79. The minimum Gasteiger partial charge on any atom is -0.495 e. The van der Waals surface area contributed by atoms with E-state index in [1.807, 2.05) is 36.5 Å². The predicted octanol–water partition coefficient (Wildman–Crippen LogP) is 3.19. The summed E-state index contributed by atoms with van der Waals surface area (Å²) in [5.41, 5.74) is 5.26. The highest BCUT2D eigenvalue weighted by Crippen LogP contribution is 2.34. The number of fused-ring (bicyclic) bond motifs is 2. The number of anilines is 3. The monoisotopic (exact) mass is 499 g/mol. The van der Waals surface area contributed by atoms with Gasteiger partial charge in [-0.3, -0.25) is 10.00 Å². The molecule has 0 saturated carbocycles. The lowest BCUT2D eigenvalue weighted by Gasteiger charge is -2.36. The molecule has 0 unspecified atom stereocenters. The van der Waals surface area contributed by atoms with E-state index in [1.165, 1.54) is 6.33 Å². The summed E-state index contributed by atoms with van der Waals surface area (Å²) in [5, 5.41) is 16.0. The van der Waals surface area contributed by atoms with Crippen LogP contribution in [0.1, 0.15) is 0 Å². The number of aromatic amines is 1. The summed E-state index contributed by atoms with van der Waals surface area (Å²) in [6, 6.07) is 12.2. The molecule has 1 aliphatic heterocycles. The summed E-state index contributed by atoms with van der Waals surface area (Å²) in [6.07, 6.45) is 5.21. The number of nitrogens with zero attached hydrogens (tertiary/aromatic N) is 7. The molecule has 4 heterocycles. The summed E-state index contributed by atoms with van der Waals surface area (Å²) in [6.45, 7) is 5.60. The van der Waals surface area contributed by atoms with Crippen LogP contribution in [0.3, 0.4) is 0 Å². The first-order valence-corrected chi connectivity index (χ1v) is 12.3. The lowest BCUT2D eigenvalue weighted by molar-refractivity contribution is 0.144. The van der Waals surface area contributed by atoms with Gasteiger partial charge >= 0.3 is 0 Å². The fourth-order valence-corrected chi connectivity index (χ4v) is 4.73. The van der Waals surface area contributed by atoms with Gasteiger partial charge in [-0.05, 0) is 18.2 Å². The summed E-state index contributed by atoms with van der Waals surface area (Å²) in [7, 11) is 3.45. The molecule has 11 heteroatoms. The lowest BCUT2D eigenvalue weighted by atomic mass is 10.1. The van der Waals surface area contributed by atoms with Crippen LogP contribution in [0, 0.1) is 0 Å². The Balaban J connectivity index is 1.26. The second-order valence-electron chi connectivity index (χ2n) is 9.01. The summed E-state index contributed by atoms with van der Waals surface area (Å²) < 4.78 is 12.7. The fourth-order valence-electron chi connectivity index (χ4n) is 4.73. The Morgan fingerprint density at radius 1 is 1.05 bits per heavy atom. The van der Waals surface area contributed by atoms with Gasteiger partial charge in [-0.25, -0.2) is 14.5 Å². The molecule has 0 amide bonds. The smallest absolute Gasteiger partial charge is 0.198 e. The molecule has 1 aliphatic rings. The highest BCUT2D eigenvalue weighted by atomic mass is 16.5. The number of aromatic nitrogens is 6. The third-order valence-electron chi connectivity index (χ3n) is 6.77. The highest BCUT2D eigenvalue weighted by molar-refractivity contribution is 5.84. The number of nitrogens with one attached hydrogen (secondary N) is 2. The quantitative estimate of drug-likeness (QED) is 0.333. The minimum absolute atomic E-state index is 0.612. The third kappa shape index (κ3) is 4.66. The van der Waals surface area contributed by atoms with E-state index in [-0.39, 0.29) is 0 Å². The molecule has 0 atom stereocenters. The fraction of sp³-hybridized carbons (Fsp3) is 0.308. The van der Waals surface area contributed by atoms with Crippen molar-refractivity contribution in [1.82, 2.24) is 34.7 Å². The normalized spacial score (nSPS) is 14.5. The van der Waals surface area contributed by atoms with Crippen molar-refractivity contribution in [1.29, 1.82) is 0 Å². The van der Waals surface area contributed by atoms with E-state index in [2.05, 4.69) is 41.5 Å². The standard InChI is InChI=1S/C26H29N9O2/c1-36-12-11-33-7-9-34(10-8-33)23-6-5-20(14-24(23)37-2)30-25-26-27-17-29-35(26)16-22(31-25)18-3-4-19-15-28-32-21(19)13-18/h3-6,13-17H,7-12H2,1-2H3,(H,28,32)(H,30,31). The molecule has 11 nitrogen and oxygen atoms in total. The number of H-pyrrole nitrogens is 1. The van der Waals surface area contributed by atoms with Gasteiger partial charge in [0.05, 0.1) is 43.0 Å². The van der Waals surface area contributed by atoms with E-state index < -0.39 is 0 Å². The van der Waals surface area contributed by atoms with Crippen molar-refractivity contribution in [3.05, 3.63) is 55.1 Å². The lowest BCUT2D eigenvalue weighted by Crippen LogP contribution is -2.47. The molecule has 0 bridgehead atoms. The third-order valence-corrected chi connectivity index (χ3v) is 6.77. The zero-order valence-electron chi connectivity index (χ0n) is 20.9. The van der Waals surface area contributed by atoms with E-state index in [4.69, 9.17) is 14.5 Å². The van der Waals surface area contributed by atoms with Crippen LogP contribution in [0.4, 0.5) is 17.2 Å². The van der Waals surface area contributed by atoms with Crippen molar-refractivity contribution in [3.8, 4) is 17.0 Å².